The monoisotopic (exact) mass is 307 g/mol. The van der Waals surface area contributed by atoms with Crippen molar-refractivity contribution in [2.75, 3.05) is 0 Å². The van der Waals surface area contributed by atoms with Crippen LogP contribution in [0.2, 0.25) is 0 Å². The summed E-state index contributed by atoms with van der Waals surface area (Å²) in [5.74, 6) is 1.85. The molecule has 0 spiro atoms. The van der Waals surface area contributed by atoms with Gasteiger partial charge < -0.3 is 9.72 Å². The van der Waals surface area contributed by atoms with E-state index >= 15 is 0 Å². The number of aryl methyl sites for hydroxylation is 2. The van der Waals surface area contributed by atoms with E-state index in [1.54, 1.807) is 18.2 Å². The molecule has 0 saturated heterocycles. The highest BCUT2D eigenvalue weighted by Gasteiger charge is 2.20. The van der Waals surface area contributed by atoms with Gasteiger partial charge in [-0.1, -0.05) is 25.1 Å². The summed E-state index contributed by atoms with van der Waals surface area (Å²) in [4.78, 5) is 26.3. The van der Waals surface area contributed by atoms with E-state index in [1.807, 2.05) is 25.0 Å². The molecule has 1 aromatic carbocycles. The van der Waals surface area contributed by atoms with Crippen LogP contribution in [0.3, 0.4) is 0 Å². The van der Waals surface area contributed by atoms with Gasteiger partial charge >= 0.3 is 5.97 Å². The Morgan fingerprint density at radius 2 is 2.22 bits per heavy atom. The molecule has 0 saturated carbocycles. The number of aromatic amines is 1. The fourth-order valence-electron chi connectivity index (χ4n) is 2.89. The van der Waals surface area contributed by atoms with Crippen LogP contribution in [0, 0.1) is 6.92 Å². The number of H-pyrrole nitrogens is 1. The van der Waals surface area contributed by atoms with E-state index < -0.39 is 5.97 Å². The van der Waals surface area contributed by atoms with Crippen molar-refractivity contribution in [3.8, 4) is 0 Å². The van der Waals surface area contributed by atoms with Crippen LogP contribution in [0.5, 0.6) is 0 Å². The molecule has 0 bridgehead atoms. The number of carbonyl (C=O) groups is 1. The largest absolute Gasteiger partial charge is 0.426 e. The van der Waals surface area contributed by atoms with Crippen LogP contribution in [0.1, 0.15) is 35.0 Å². The van der Waals surface area contributed by atoms with Crippen molar-refractivity contribution in [1.82, 2.24) is 4.98 Å². The molecule has 1 N–H and O–H groups in total. The van der Waals surface area contributed by atoms with Gasteiger partial charge in [0.2, 0.25) is 0 Å². The lowest BCUT2D eigenvalue weighted by Gasteiger charge is -2.10. The maximum absolute atomic E-state index is 12.5. The van der Waals surface area contributed by atoms with Crippen LogP contribution in [0.25, 0.3) is 10.9 Å². The van der Waals surface area contributed by atoms with Crippen molar-refractivity contribution in [1.29, 1.82) is 0 Å². The third kappa shape index (κ3) is 2.77. The smallest absolute Gasteiger partial charge is 0.360 e. The topological polar surface area (TPSA) is 59.2 Å². The molecular formula is C19H17NO3. The van der Waals surface area contributed by atoms with Crippen molar-refractivity contribution in [2.24, 2.45) is 0 Å². The van der Waals surface area contributed by atoms with Crippen molar-refractivity contribution in [2.45, 2.75) is 26.7 Å². The SMILES string of the molecule is CCc1cccc2[nH]c(C(=O)OC3=CC=CC(=C=O)C3)c(C)c12. The number of allylic oxidation sites excluding steroid dienone is 4. The molecule has 1 aromatic heterocycles. The van der Waals surface area contributed by atoms with E-state index in [0.717, 1.165) is 22.9 Å². The average molecular weight is 307 g/mol. The number of aromatic nitrogens is 1. The van der Waals surface area contributed by atoms with Gasteiger partial charge in [-0.05, 0) is 42.7 Å². The van der Waals surface area contributed by atoms with Gasteiger partial charge in [0.1, 0.15) is 17.4 Å². The second-order valence-corrected chi connectivity index (χ2v) is 5.50. The van der Waals surface area contributed by atoms with Gasteiger partial charge in [0, 0.05) is 22.9 Å². The predicted molar refractivity (Wildman–Crippen MR) is 88.9 cm³/mol. The van der Waals surface area contributed by atoms with Gasteiger partial charge in [-0.3, -0.25) is 0 Å². The maximum atomic E-state index is 12.5. The lowest BCUT2D eigenvalue weighted by molar-refractivity contribution is 0.0612. The number of ether oxygens (including phenoxy) is 1. The molecule has 0 fully saturated rings. The summed E-state index contributed by atoms with van der Waals surface area (Å²) >= 11 is 0. The number of rotatable bonds is 3. The summed E-state index contributed by atoms with van der Waals surface area (Å²) in [6.45, 7) is 4.01. The Labute approximate surface area is 134 Å². The second-order valence-electron chi connectivity index (χ2n) is 5.50. The number of benzene rings is 1. The zero-order valence-corrected chi connectivity index (χ0v) is 13.1. The number of nitrogens with one attached hydrogen (secondary N) is 1. The van der Waals surface area contributed by atoms with Crippen LogP contribution in [0.4, 0.5) is 0 Å². The Morgan fingerprint density at radius 1 is 1.39 bits per heavy atom. The van der Waals surface area contributed by atoms with Crippen LogP contribution in [0.15, 0.2) is 47.8 Å². The van der Waals surface area contributed by atoms with E-state index in [9.17, 15) is 9.59 Å². The lowest BCUT2D eigenvalue weighted by atomic mass is 10.0. The van der Waals surface area contributed by atoms with Gasteiger partial charge in [0.15, 0.2) is 0 Å². The van der Waals surface area contributed by atoms with Crippen LogP contribution in [-0.2, 0) is 16.0 Å². The molecule has 1 aliphatic rings. The van der Waals surface area contributed by atoms with Crippen LogP contribution in [-0.4, -0.2) is 16.9 Å². The number of esters is 1. The first-order valence-electron chi connectivity index (χ1n) is 7.57. The van der Waals surface area contributed by atoms with E-state index in [2.05, 4.69) is 18.0 Å². The Kier molecular flexibility index (Phi) is 4.00. The summed E-state index contributed by atoms with van der Waals surface area (Å²) in [6.07, 6.45) is 6.21. The van der Waals surface area contributed by atoms with Gasteiger partial charge in [-0.15, -0.1) is 0 Å². The molecule has 0 radical (unpaired) electrons. The highest BCUT2D eigenvalue weighted by atomic mass is 16.5. The molecule has 0 unspecified atom stereocenters. The molecule has 0 amide bonds. The molecule has 1 aliphatic carbocycles. The van der Waals surface area contributed by atoms with Crippen molar-refractivity contribution in [3.05, 3.63) is 64.6 Å². The molecule has 0 atom stereocenters. The van der Waals surface area contributed by atoms with E-state index in [4.69, 9.17) is 4.74 Å². The molecule has 0 aliphatic heterocycles. The summed E-state index contributed by atoms with van der Waals surface area (Å²) in [5, 5.41) is 1.08. The quantitative estimate of drug-likeness (QED) is 0.693. The van der Waals surface area contributed by atoms with Crippen LogP contribution < -0.4 is 0 Å². The van der Waals surface area contributed by atoms with E-state index in [1.165, 1.54) is 5.56 Å². The summed E-state index contributed by atoms with van der Waals surface area (Å²) in [5.41, 5.74) is 3.94. The van der Waals surface area contributed by atoms with Crippen molar-refractivity contribution >= 4 is 22.8 Å². The average Bonchev–Trinajstić information content (AvgIpc) is 2.92. The summed E-state index contributed by atoms with van der Waals surface area (Å²) < 4.78 is 5.43. The third-order valence-electron chi connectivity index (χ3n) is 4.04. The molecular weight excluding hydrogens is 290 g/mol. The van der Waals surface area contributed by atoms with Gasteiger partial charge in [0.05, 0.1) is 0 Å². The maximum Gasteiger partial charge on any atom is 0.360 e. The summed E-state index contributed by atoms with van der Waals surface area (Å²) in [6, 6.07) is 5.99. The molecule has 1 heterocycles. The molecule has 2 aromatic rings. The highest BCUT2D eigenvalue weighted by Crippen LogP contribution is 2.27. The molecule has 116 valence electrons. The highest BCUT2D eigenvalue weighted by molar-refractivity contribution is 5.99. The fourth-order valence-corrected chi connectivity index (χ4v) is 2.89. The van der Waals surface area contributed by atoms with Gasteiger partial charge in [0.25, 0.3) is 0 Å². The van der Waals surface area contributed by atoms with E-state index in [-0.39, 0.29) is 6.42 Å². The minimum atomic E-state index is -0.437. The zero-order chi connectivity index (χ0) is 16.4. The van der Waals surface area contributed by atoms with Gasteiger partial charge in [-0.2, -0.15) is 0 Å². The molecule has 4 heteroatoms. The second kappa shape index (κ2) is 6.11. The number of carbonyl (C=O) groups excluding carboxylic acids is 2. The Bertz CT molecular complexity index is 893. The minimum absolute atomic E-state index is 0.283. The first-order chi connectivity index (χ1) is 11.1. The first-order valence-corrected chi connectivity index (χ1v) is 7.57. The third-order valence-corrected chi connectivity index (χ3v) is 4.04. The van der Waals surface area contributed by atoms with Gasteiger partial charge in [-0.25, -0.2) is 9.59 Å². The number of hydrogen-bond donors (Lipinski definition) is 1. The number of fused-ring (bicyclic) bond motifs is 1. The summed E-state index contributed by atoms with van der Waals surface area (Å²) in [7, 11) is 0. The van der Waals surface area contributed by atoms with Crippen molar-refractivity contribution in [3.63, 3.8) is 0 Å². The Morgan fingerprint density at radius 3 is 2.96 bits per heavy atom. The molecule has 23 heavy (non-hydrogen) atoms. The Balaban J connectivity index is 1.93. The van der Waals surface area contributed by atoms with Crippen LogP contribution >= 0.6 is 0 Å². The standard InChI is InChI=1S/C19H17NO3/c1-3-14-7-5-9-16-17(14)12(2)18(20-16)19(22)23-15-8-4-6-13(10-15)11-21/h4-9,20H,3,10H2,1-2H3. The predicted octanol–water partition coefficient (Wildman–Crippen LogP) is 3.80. The Hall–Kier alpha value is -2.84. The zero-order valence-electron chi connectivity index (χ0n) is 13.1. The minimum Gasteiger partial charge on any atom is -0.426 e. The lowest BCUT2D eigenvalue weighted by Crippen LogP contribution is -2.08. The number of hydrogen-bond acceptors (Lipinski definition) is 3. The van der Waals surface area contributed by atoms with Crippen molar-refractivity contribution < 1.29 is 14.3 Å². The van der Waals surface area contributed by atoms with E-state index in [0.29, 0.717) is 17.0 Å². The first kappa shape index (κ1) is 15.1. The molecule has 4 nitrogen and oxygen atoms in total. The normalized spacial score (nSPS) is 13.8. The molecule has 3 rings (SSSR count). The fraction of sp³-hybridized carbons (Fsp3) is 0.211.